The Labute approximate surface area is 126 Å². The molecule has 0 amide bonds. The fourth-order valence-electron chi connectivity index (χ4n) is 1.90. The SMILES string of the molecule is CNc1cc(OCCCN(C)C)nc(-c2ccccc2)n1. The summed E-state index contributed by atoms with van der Waals surface area (Å²) >= 11 is 0. The summed E-state index contributed by atoms with van der Waals surface area (Å²) < 4.78 is 5.74. The Morgan fingerprint density at radius 1 is 1.14 bits per heavy atom. The molecule has 1 heterocycles. The van der Waals surface area contributed by atoms with Crippen LogP contribution in [-0.2, 0) is 0 Å². The number of rotatable bonds is 7. The Balaban J connectivity index is 2.11. The average molecular weight is 286 g/mol. The Morgan fingerprint density at radius 2 is 1.90 bits per heavy atom. The zero-order valence-electron chi connectivity index (χ0n) is 12.8. The van der Waals surface area contributed by atoms with Crippen LogP contribution in [0.3, 0.4) is 0 Å². The maximum absolute atomic E-state index is 5.74. The Morgan fingerprint density at radius 3 is 2.57 bits per heavy atom. The highest BCUT2D eigenvalue weighted by Crippen LogP contribution is 2.21. The first-order chi connectivity index (χ1) is 10.2. The number of ether oxygens (including phenoxy) is 1. The highest BCUT2D eigenvalue weighted by atomic mass is 16.5. The Kier molecular flexibility index (Phi) is 5.51. The van der Waals surface area contributed by atoms with Gasteiger partial charge in [0.15, 0.2) is 5.82 Å². The van der Waals surface area contributed by atoms with Crippen molar-refractivity contribution in [2.24, 2.45) is 0 Å². The zero-order valence-corrected chi connectivity index (χ0v) is 12.8. The highest BCUT2D eigenvalue weighted by molar-refractivity contribution is 5.58. The van der Waals surface area contributed by atoms with Crippen molar-refractivity contribution >= 4 is 5.82 Å². The van der Waals surface area contributed by atoms with Crippen LogP contribution in [0.1, 0.15) is 6.42 Å². The fraction of sp³-hybridized carbons (Fsp3) is 0.375. The van der Waals surface area contributed by atoms with Crippen molar-refractivity contribution < 1.29 is 4.74 Å². The third-order valence-electron chi connectivity index (χ3n) is 2.99. The van der Waals surface area contributed by atoms with Gasteiger partial charge >= 0.3 is 0 Å². The van der Waals surface area contributed by atoms with E-state index in [2.05, 4.69) is 34.3 Å². The molecule has 5 nitrogen and oxygen atoms in total. The predicted octanol–water partition coefficient (Wildman–Crippen LogP) is 2.52. The molecule has 21 heavy (non-hydrogen) atoms. The second-order valence-electron chi connectivity index (χ2n) is 5.04. The van der Waals surface area contributed by atoms with E-state index in [4.69, 9.17) is 4.74 Å². The molecule has 0 aliphatic rings. The molecule has 0 spiro atoms. The van der Waals surface area contributed by atoms with E-state index in [9.17, 15) is 0 Å². The van der Waals surface area contributed by atoms with E-state index < -0.39 is 0 Å². The first-order valence-electron chi connectivity index (χ1n) is 7.09. The molecule has 0 fully saturated rings. The maximum Gasteiger partial charge on any atom is 0.219 e. The molecular formula is C16H22N4O. The number of anilines is 1. The number of hydrogen-bond acceptors (Lipinski definition) is 5. The smallest absolute Gasteiger partial charge is 0.219 e. The van der Waals surface area contributed by atoms with Gasteiger partial charge in [0.2, 0.25) is 5.88 Å². The van der Waals surface area contributed by atoms with E-state index in [1.165, 1.54) is 0 Å². The van der Waals surface area contributed by atoms with Gasteiger partial charge in [0.1, 0.15) is 5.82 Å². The first-order valence-corrected chi connectivity index (χ1v) is 7.09. The molecule has 0 bridgehead atoms. The summed E-state index contributed by atoms with van der Waals surface area (Å²) in [5.74, 6) is 2.03. The summed E-state index contributed by atoms with van der Waals surface area (Å²) in [6, 6.07) is 11.7. The molecule has 2 aromatic rings. The minimum atomic E-state index is 0.604. The predicted molar refractivity (Wildman–Crippen MR) is 85.7 cm³/mol. The fourth-order valence-corrected chi connectivity index (χ4v) is 1.90. The zero-order chi connectivity index (χ0) is 15.1. The van der Waals surface area contributed by atoms with E-state index in [1.54, 1.807) is 0 Å². The summed E-state index contributed by atoms with van der Waals surface area (Å²) in [7, 11) is 5.95. The van der Waals surface area contributed by atoms with Crippen LogP contribution in [0.25, 0.3) is 11.4 Å². The molecule has 0 unspecified atom stereocenters. The van der Waals surface area contributed by atoms with Crippen LogP contribution >= 0.6 is 0 Å². The topological polar surface area (TPSA) is 50.3 Å². The molecule has 0 aliphatic carbocycles. The molecule has 112 valence electrons. The van der Waals surface area contributed by atoms with Crippen LogP contribution < -0.4 is 10.1 Å². The lowest BCUT2D eigenvalue weighted by atomic mass is 10.2. The third-order valence-corrected chi connectivity index (χ3v) is 2.99. The van der Waals surface area contributed by atoms with Gasteiger partial charge in [0, 0.05) is 25.2 Å². The summed E-state index contributed by atoms with van der Waals surface area (Å²) in [4.78, 5) is 11.1. The monoisotopic (exact) mass is 286 g/mol. The van der Waals surface area contributed by atoms with Crippen LogP contribution in [0.15, 0.2) is 36.4 Å². The lowest BCUT2D eigenvalue weighted by Crippen LogP contribution is -2.15. The van der Waals surface area contributed by atoms with Crippen LogP contribution in [0.4, 0.5) is 5.82 Å². The van der Waals surface area contributed by atoms with Gasteiger partial charge in [0.25, 0.3) is 0 Å². The molecule has 0 atom stereocenters. The van der Waals surface area contributed by atoms with Crippen molar-refractivity contribution in [2.75, 3.05) is 39.6 Å². The van der Waals surface area contributed by atoms with Gasteiger partial charge in [-0.15, -0.1) is 0 Å². The van der Waals surface area contributed by atoms with Crippen LogP contribution in [0, 0.1) is 0 Å². The highest BCUT2D eigenvalue weighted by Gasteiger charge is 2.07. The summed E-state index contributed by atoms with van der Waals surface area (Å²) in [6.45, 7) is 1.64. The van der Waals surface area contributed by atoms with E-state index >= 15 is 0 Å². The molecule has 0 saturated carbocycles. The van der Waals surface area contributed by atoms with Crippen molar-refractivity contribution in [3.05, 3.63) is 36.4 Å². The minimum absolute atomic E-state index is 0.604. The number of hydrogen-bond donors (Lipinski definition) is 1. The van der Waals surface area contributed by atoms with Crippen LogP contribution in [0.5, 0.6) is 5.88 Å². The lowest BCUT2D eigenvalue weighted by molar-refractivity contribution is 0.273. The quantitative estimate of drug-likeness (QED) is 0.793. The molecule has 1 N–H and O–H groups in total. The Hall–Kier alpha value is -2.14. The third kappa shape index (κ3) is 4.72. The van der Waals surface area contributed by atoms with Gasteiger partial charge in [-0.2, -0.15) is 4.98 Å². The number of benzene rings is 1. The molecule has 2 rings (SSSR count). The number of nitrogens with one attached hydrogen (secondary N) is 1. The summed E-state index contributed by atoms with van der Waals surface area (Å²) in [6.07, 6.45) is 0.965. The molecule has 1 aromatic heterocycles. The van der Waals surface area contributed by atoms with E-state index in [0.29, 0.717) is 18.3 Å². The van der Waals surface area contributed by atoms with Crippen LogP contribution in [0.2, 0.25) is 0 Å². The molecule has 0 saturated heterocycles. The van der Waals surface area contributed by atoms with Gasteiger partial charge in [-0.1, -0.05) is 30.3 Å². The van der Waals surface area contributed by atoms with Crippen molar-refractivity contribution in [1.82, 2.24) is 14.9 Å². The summed E-state index contributed by atoms with van der Waals surface area (Å²) in [5, 5.41) is 3.05. The largest absolute Gasteiger partial charge is 0.477 e. The first kappa shape index (κ1) is 15.3. The van der Waals surface area contributed by atoms with Crippen molar-refractivity contribution in [3.63, 3.8) is 0 Å². The molecular weight excluding hydrogens is 264 g/mol. The van der Waals surface area contributed by atoms with Gasteiger partial charge in [-0.3, -0.25) is 0 Å². The Bertz CT molecular complexity index is 557. The standard InChI is InChI=1S/C16H22N4O/c1-17-14-12-15(21-11-7-10-20(2)3)19-16(18-14)13-8-5-4-6-9-13/h4-6,8-9,12H,7,10-11H2,1-3H3,(H,17,18,19). The minimum Gasteiger partial charge on any atom is -0.477 e. The van der Waals surface area contributed by atoms with Crippen molar-refractivity contribution in [3.8, 4) is 17.3 Å². The normalized spacial score (nSPS) is 10.7. The summed E-state index contributed by atoms with van der Waals surface area (Å²) in [5.41, 5.74) is 0.979. The maximum atomic E-state index is 5.74. The van der Waals surface area contributed by atoms with E-state index in [1.807, 2.05) is 43.4 Å². The number of nitrogens with zero attached hydrogens (tertiary/aromatic N) is 3. The molecule has 5 heteroatoms. The van der Waals surface area contributed by atoms with Crippen LogP contribution in [-0.4, -0.2) is 49.2 Å². The molecule has 0 radical (unpaired) electrons. The number of aromatic nitrogens is 2. The second kappa shape index (κ2) is 7.59. The van der Waals surface area contributed by atoms with Gasteiger partial charge in [-0.05, 0) is 20.5 Å². The average Bonchev–Trinajstić information content (AvgIpc) is 2.52. The van der Waals surface area contributed by atoms with Crippen molar-refractivity contribution in [2.45, 2.75) is 6.42 Å². The van der Waals surface area contributed by atoms with E-state index in [0.717, 1.165) is 24.3 Å². The van der Waals surface area contributed by atoms with E-state index in [-0.39, 0.29) is 0 Å². The molecule has 0 aliphatic heterocycles. The van der Waals surface area contributed by atoms with Crippen molar-refractivity contribution in [1.29, 1.82) is 0 Å². The lowest BCUT2D eigenvalue weighted by Gasteiger charge is -2.11. The van der Waals surface area contributed by atoms with Gasteiger partial charge in [0.05, 0.1) is 6.61 Å². The second-order valence-corrected chi connectivity index (χ2v) is 5.04. The molecule has 1 aromatic carbocycles. The van der Waals surface area contributed by atoms with Gasteiger partial charge in [-0.25, -0.2) is 4.98 Å². The van der Waals surface area contributed by atoms with Gasteiger partial charge < -0.3 is 15.0 Å².